The lowest BCUT2D eigenvalue weighted by Crippen LogP contribution is -2.40. The number of morpholine rings is 1. The second-order valence-electron chi connectivity index (χ2n) is 8.72. The van der Waals surface area contributed by atoms with Gasteiger partial charge in [-0.2, -0.15) is 0 Å². The summed E-state index contributed by atoms with van der Waals surface area (Å²) in [4.78, 5) is 26.8. The van der Waals surface area contributed by atoms with Gasteiger partial charge >= 0.3 is 0 Å². The van der Waals surface area contributed by atoms with E-state index in [1.165, 1.54) is 11.1 Å². The first-order chi connectivity index (χ1) is 15.1. The first-order valence-electron chi connectivity index (χ1n) is 11.4. The van der Waals surface area contributed by atoms with Crippen molar-refractivity contribution in [3.63, 3.8) is 0 Å². The molecule has 31 heavy (non-hydrogen) atoms. The van der Waals surface area contributed by atoms with Crippen LogP contribution in [0.25, 0.3) is 0 Å². The lowest BCUT2D eigenvalue weighted by Gasteiger charge is -2.26. The first kappa shape index (κ1) is 21.7. The number of fused-ring (bicyclic) bond motifs is 1. The van der Waals surface area contributed by atoms with E-state index in [9.17, 15) is 14.7 Å². The lowest BCUT2D eigenvalue weighted by molar-refractivity contribution is 0.0303. The van der Waals surface area contributed by atoms with Crippen LogP contribution >= 0.6 is 0 Å². The normalized spacial score (nSPS) is 17.4. The first-order valence-corrected chi connectivity index (χ1v) is 11.4. The molecule has 164 valence electrons. The Labute approximate surface area is 184 Å². The van der Waals surface area contributed by atoms with Crippen molar-refractivity contribution in [3.8, 4) is 0 Å². The van der Waals surface area contributed by atoms with E-state index < -0.39 is 6.10 Å². The summed E-state index contributed by atoms with van der Waals surface area (Å²) in [6.07, 6.45) is 4.26. The smallest absolute Gasteiger partial charge is 0.254 e. The lowest BCUT2D eigenvalue weighted by atomic mass is 9.95. The number of aliphatic hydroxyl groups is 1. The number of benzene rings is 2. The summed E-state index contributed by atoms with van der Waals surface area (Å²) in [5, 5.41) is 10.4. The maximum absolute atomic E-state index is 12.5. The summed E-state index contributed by atoms with van der Waals surface area (Å²) in [5.41, 5.74) is 4.06. The number of hydrogen-bond acceptors (Lipinski definition) is 4. The van der Waals surface area contributed by atoms with Crippen molar-refractivity contribution in [1.29, 1.82) is 0 Å². The Morgan fingerprint density at radius 2 is 1.55 bits per heavy atom. The van der Waals surface area contributed by atoms with Gasteiger partial charge in [0.15, 0.2) is 5.78 Å². The number of Topliss-reactive ketones (excluding diaryl/α,β-unsaturated/α-hetero) is 1. The molecule has 1 unspecified atom stereocenters. The van der Waals surface area contributed by atoms with Gasteiger partial charge in [0.25, 0.3) is 5.91 Å². The Morgan fingerprint density at radius 1 is 0.935 bits per heavy atom. The summed E-state index contributed by atoms with van der Waals surface area (Å²) < 4.78 is 5.28. The molecular formula is C26H31NO4. The molecule has 0 aromatic heterocycles. The number of rotatable bonds is 8. The highest BCUT2D eigenvalue weighted by Crippen LogP contribution is 2.30. The van der Waals surface area contributed by atoms with E-state index in [2.05, 4.69) is 24.3 Å². The molecule has 0 spiro atoms. The van der Waals surface area contributed by atoms with E-state index in [4.69, 9.17) is 4.74 Å². The number of hydrogen-bond donors (Lipinski definition) is 1. The van der Waals surface area contributed by atoms with Crippen molar-refractivity contribution < 1.29 is 19.4 Å². The third-order valence-corrected chi connectivity index (χ3v) is 6.50. The number of amides is 1. The molecular weight excluding hydrogens is 390 g/mol. The minimum Gasteiger partial charge on any atom is -0.393 e. The Bertz CT molecular complexity index is 877. The molecule has 0 radical (unpaired) electrons. The van der Waals surface area contributed by atoms with Crippen LogP contribution in [0.4, 0.5) is 0 Å². The number of nitrogens with zero attached hydrogens (tertiary/aromatic N) is 1. The standard InChI is InChI=1S/C26H31NO4/c28-24(10-5-19-17-22-3-1-2-4-23(22)18-19)11-12-25(29)20-6-8-21(9-7-20)26(30)27-13-15-31-16-14-27/h1-4,6-9,19,24,28H,5,10-18H2. The van der Waals surface area contributed by atoms with Gasteiger partial charge in [-0.1, -0.05) is 36.4 Å². The van der Waals surface area contributed by atoms with Crippen molar-refractivity contribution in [2.24, 2.45) is 5.92 Å². The quantitative estimate of drug-likeness (QED) is 0.661. The third-order valence-electron chi connectivity index (χ3n) is 6.50. The molecule has 5 heteroatoms. The van der Waals surface area contributed by atoms with Gasteiger partial charge in [0, 0.05) is 30.6 Å². The molecule has 2 aromatic carbocycles. The highest BCUT2D eigenvalue weighted by Gasteiger charge is 2.22. The van der Waals surface area contributed by atoms with Crippen LogP contribution in [0, 0.1) is 5.92 Å². The summed E-state index contributed by atoms with van der Waals surface area (Å²) in [5.74, 6) is 0.587. The third kappa shape index (κ3) is 5.60. The Hall–Kier alpha value is -2.50. The second-order valence-corrected chi connectivity index (χ2v) is 8.72. The average molecular weight is 422 g/mol. The molecule has 1 heterocycles. The fourth-order valence-corrected chi connectivity index (χ4v) is 4.62. The van der Waals surface area contributed by atoms with E-state index in [0.29, 0.717) is 56.2 Å². The van der Waals surface area contributed by atoms with Crippen LogP contribution in [0.3, 0.4) is 0 Å². The monoisotopic (exact) mass is 421 g/mol. The van der Waals surface area contributed by atoms with Gasteiger partial charge in [0.05, 0.1) is 19.3 Å². The molecule has 2 aromatic rings. The van der Waals surface area contributed by atoms with Crippen LogP contribution in [0.2, 0.25) is 0 Å². The molecule has 1 saturated heterocycles. The van der Waals surface area contributed by atoms with Gasteiger partial charge in [-0.15, -0.1) is 0 Å². The zero-order chi connectivity index (χ0) is 21.6. The molecule has 1 amide bonds. The molecule has 1 fully saturated rings. The van der Waals surface area contributed by atoms with Crippen molar-refractivity contribution in [1.82, 2.24) is 4.90 Å². The highest BCUT2D eigenvalue weighted by atomic mass is 16.5. The number of aliphatic hydroxyl groups excluding tert-OH is 1. The zero-order valence-electron chi connectivity index (χ0n) is 18.0. The topological polar surface area (TPSA) is 66.8 Å². The van der Waals surface area contributed by atoms with E-state index in [-0.39, 0.29) is 11.7 Å². The van der Waals surface area contributed by atoms with Crippen molar-refractivity contribution in [2.45, 2.75) is 44.6 Å². The summed E-state index contributed by atoms with van der Waals surface area (Å²) in [7, 11) is 0. The number of ether oxygens (including phenoxy) is 1. The summed E-state index contributed by atoms with van der Waals surface area (Å²) in [6, 6.07) is 15.5. The Balaban J connectivity index is 1.20. The van der Waals surface area contributed by atoms with Crippen molar-refractivity contribution in [2.75, 3.05) is 26.3 Å². The molecule has 1 aliphatic carbocycles. The van der Waals surface area contributed by atoms with Crippen LogP contribution in [-0.4, -0.2) is 54.1 Å². The molecule has 4 rings (SSSR count). The highest BCUT2D eigenvalue weighted by molar-refractivity contribution is 5.98. The van der Waals surface area contributed by atoms with Crippen molar-refractivity contribution in [3.05, 3.63) is 70.8 Å². The van der Waals surface area contributed by atoms with E-state index in [1.54, 1.807) is 29.2 Å². The fraction of sp³-hybridized carbons (Fsp3) is 0.462. The van der Waals surface area contributed by atoms with E-state index >= 15 is 0 Å². The fourth-order valence-electron chi connectivity index (χ4n) is 4.62. The van der Waals surface area contributed by atoms with Gasteiger partial charge in [0.1, 0.15) is 0 Å². The van der Waals surface area contributed by atoms with Crippen LogP contribution in [0.15, 0.2) is 48.5 Å². The summed E-state index contributed by atoms with van der Waals surface area (Å²) in [6.45, 7) is 2.34. The van der Waals surface area contributed by atoms with Crippen molar-refractivity contribution >= 4 is 11.7 Å². The molecule has 0 bridgehead atoms. The molecule has 5 nitrogen and oxygen atoms in total. The van der Waals surface area contributed by atoms with Gasteiger partial charge in [-0.25, -0.2) is 0 Å². The minimum absolute atomic E-state index is 0.0118. The molecule has 1 N–H and O–H groups in total. The van der Waals surface area contributed by atoms with Gasteiger partial charge in [0.2, 0.25) is 0 Å². The predicted octanol–water partition coefficient (Wildman–Crippen LogP) is 3.68. The molecule has 1 atom stereocenters. The molecule has 2 aliphatic rings. The zero-order valence-corrected chi connectivity index (χ0v) is 18.0. The molecule has 1 aliphatic heterocycles. The SMILES string of the molecule is O=C(CCC(O)CCC1Cc2ccccc2C1)c1ccc(C(=O)N2CCOCC2)cc1. The summed E-state index contributed by atoms with van der Waals surface area (Å²) >= 11 is 0. The second kappa shape index (κ2) is 10.2. The maximum Gasteiger partial charge on any atom is 0.254 e. The minimum atomic E-state index is -0.449. The average Bonchev–Trinajstić information content (AvgIpc) is 3.24. The molecule has 0 saturated carbocycles. The van der Waals surface area contributed by atoms with Gasteiger partial charge < -0.3 is 14.7 Å². The van der Waals surface area contributed by atoms with Crippen LogP contribution < -0.4 is 0 Å². The largest absolute Gasteiger partial charge is 0.393 e. The number of carbonyl (C=O) groups excluding carboxylic acids is 2. The Morgan fingerprint density at radius 3 is 2.19 bits per heavy atom. The van der Waals surface area contributed by atoms with Gasteiger partial charge in [-0.3, -0.25) is 9.59 Å². The predicted molar refractivity (Wildman–Crippen MR) is 119 cm³/mol. The van der Waals surface area contributed by atoms with E-state index in [0.717, 1.165) is 25.7 Å². The number of carbonyl (C=O) groups is 2. The maximum atomic E-state index is 12.5. The van der Waals surface area contributed by atoms with Gasteiger partial charge in [-0.05, 0) is 61.3 Å². The number of ketones is 1. The Kier molecular flexibility index (Phi) is 7.15. The van der Waals surface area contributed by atoms with E-state index in [1.807, 2.05) is 0 Å². The van der Waals surface area contributed by atoms with Crippen LogP contribution in [-0.2, 0) is 17.6 Å². The van der Waals surface area contributed by atoms with Crippen LogP contribution in [0.5, 0.6) is 0 Å². The van der Waals surface area contributed by atoms with Crippen LogP contribution in [0.1, 0.15) is 57.5 Å².